The predicted molar refractivity (Wildman–Crippen MR) is 75.7 cm³/mol. The van der Waals surface area contributed by atoms with Crippen LogP contribution >= 0.6 is 11.3 Å². The van der Waals surface area contributed by atoms with E-state index in [-0.39, 0.29) is 11.4 Å². The van der Waals surface area contributed by atoms with E-state index in [4.69, 9.17) is 0 Å². The van der Waals surface area contributed by atoms with Crippen LogP contribution in [0.25, 0.3) is 0 Å². The lowest BCUT2D eigenvalue weighted by molar-refractivity contribution is 0.423. The molecule has 1 aromatic heterocycles. The molecule has 0 amide bonds. The normalized spacial score (nSPS) is 11.8. The third-order valence-corrected chi connectivity index (χ3v) is 3.50. The van der Waals surface area contributed by atoms with E-state index in [0.29, 0.717) is 18.5 Å². The lowest BCUT2D eigenvalue weighted by Crippen LogP contribution is -2.35. The van der Waals surface area contributed by atoms with Crippen molar-refractivity contribution in [1.29, 1.82) is 0 Å². The molecule has 19 heavy (non-hydrogen) atoms. The molecule has 102 valence electrons. The Morgan fingerprint density at radius 3 is 2.53 bits per heavy atom. The monoisotopic (exact) mass is 279 g/mol. The number of rotatable bonds is 4. The molecule has 0 spiro atoms. The zero-order chi connectivity index (χ0) is 13.9. The first-order chi connectivity index (χ1) is 8.94. The molecule has 3 nitrogen and oxygen atoms in total. The van der Waals surface area contributed by atoms with Crippen molar-refractivity contribution in [3.05, 3.63) is 45.7 Å². The van der Waals surface area contributed by atoms with Gasteiger partial charge in [0.1, 0.15) is 15.8 Å². The van der Waals surface area contributed by atoms with Crippen LogP contribution in [0.5, 0.6) is 0 Å². The van der Waals surface area contributed by atoms with Crippen molar-refractivity contribution >= 4 is 11.3 Å². The summed E-state index contributed by atoms with van der Waals surface area (Å²) in [5, 5.41) is 13.4. The van der Waals surface area contributed by atoms with Crippen LogP contribution < -0.4 is 5.32 Å². The Hall–Kier alpha value is -1.33. The van der Waals surface area contributed by atoms with E-state index in [1.165, 1.54) is 17.4 Å². The highest BCUT2D eigenvalue weighted by Crippen LogP contribution is 2.17. The standard InChI is InChI=1S/C14H18FN3S/c1-14(2,3)16-9-13-18-17-12(19-13)8-10-6-4-5-7-11(10)15/h4-7,16H,8-9H2,1-3H3. The molecule has 2 rings (SSSR count). The minimum atomic E-state index is -0.188. The number of halogens is 1. The lowest BCUT2D eigenvalue weighted by atomic mass is 10.1. The maximum absolute atomic E-state index is 13.5. The molecule has 5 heteroatoms. The fourth-order valence-electron chi connectivity index (χ4n) is 1.58. The van der Waals surface area contributed by atoms with Gasteiger partial charge in [-0.15, -0.1) is 10.2 Å². The topological polar surface area (TPSA) is 37.8 Å². The first-order valence-corrected chi connectivity index (χ1v) is 7.05. The number of nitrogens with one attached hydrogen (secondary N) is 1. The van der Waals surface area contributed by atoms with Gasteiger partial charge in [-0.3, -0.25) is 0 Å². The van der Waals surface area contributed by atoms with Gasteiger partial charge in [0.25, 0.3) is 0 Å². The van der Waals surface area contributed by atoms with Crippen molar-refractivity contribution in [2.24, 2.45) is 0 Å². The van der Waals surface area contributed by atoms with E-state index in [0.717, 1.165) is 10.0 Å². The Kier molecular flexibility index (Phi) is 4.27. The van der Waals surface area contributed by atoms with E-state index in [1.54, 1.807) is 12.1 Å². The lowest BCUT2D eigenvalue weighted by Gasteiger charge is -2.19. The highest BCUT2D eigenvalue weighted by molar-refractivity contribution is 7.11. The van der Waals surface area contributed by atoms with Crippen molar-refractivity contribution in [1.82, 2.24) is 15.5 Å². The maximum Gasteiger partial charge on any atom is 0.131 e. The van der Waals surface area contributed by atoms with Gasteiger partial charge in [0.05, 0.1) is 6.54 Å². The molecule has 0 radical (unpaired) electrons. The Labute approximate surface area is 116 Å². The molecule has 0 aliphatic heterocycles. The van der Waals surface area contributed by atoms with Gasteiger partial charge >= 0.3 is 0 Å². The Bertz CT molecular complexity index is 546. The van der Waals surface area contributed by atoms with Gasteiger partial charge < -0.3 is 5.32 Å². The van der Waals surface area contributed by atoms with Crippen LogP contribution in [-0.4, -0.2) is 15.7 Å². The average Bonchev–Trinajstić information content (AvgIpc) is 2.77. The SMILES string of the molecule is CC(C)(C)NCc1nnc(Cc2ccccc2F)s1. The smallest absolute Gasteiger partial charge is 0.131 e. The predicted octanol–water partition coefficient (Wildman–Crippen LogP) is 3.16. The van der Waals surface area contributed by atoms with Crippen molar-refractivity contribution in [3.63, 3.8) is 0 Å². The molecular formula is C14H18FN3S. The fourth-order valence-corrected chi connectivity index (χ4v) is 2.38. The Morgan fingerprint density at radius 2 is 1.84 bits per heavy atom. The molecule has 0 fully saturated rings. The van der Waals surface area contributed by atoms with Crippen LogP contribution in [0.15, 0.2) is 24.3 Å². The second-order valence-electron chi connectivity index (χ2n) is 5.46. The van der Waals surface area contributed by atoms with Gasteiger partial charge in [0.2, 0.25) is 0 Å². The molecule has 0 bridgehead atoms. The quantitative estimate of drug-likeness (QED) is 0.934. The Morgan fingerprint density at radius 1 is 1.16 bits per heavy atom. The number of nitrogens with zero attached hydrogens (tertiary/aromatic N) is 2. The van der Waals surface area contributed by atoms with Gasteiger partial charge in [0, 0.05) is 12.0 Å². The van der Waals surface area contributed by atoms with E-state index in [1.807, 2.05) is 6.07 Å². The zero-order valence-corrected chi connectivity index (χ0v) is 12.2. The van der Waals surface area contributed by atoms with Crippen molar-refractivity contribution in [2.75, 3.05) is 0 Å². The average molecular weight is 279 g/mol. The fraction of sp³-hybridized carbons (Fsp3) is 0.429. The summed E-state index contributed by atoms with van der Waals surface area (Å²) in [7, 11) is 0. The summed E-state index contributed by atoms with van der Waals surface area (Å²) in [5.74, 6) is -0.188. The van der Waals surface area contributed by atoms with Gasteiger partial charge in [-0.05, 0) is 32.4 Å². The molecule has 2 aromatic rings. The molecule has 0 atom stereocenters. The highest BCUT2D eigenvalue weighted by Gasteiger charge is 2.12. The van der Waals surface area contributed by atoms with Crippen molar-refractivity contribution in [3.8, 4) is 0 Å². The van der Waals surface area contributed by atoms with E-state index in [2.05, 4.69) is 36.3 Å². The molecule has 1 N–H and O–H groups in total. The summed E-state index contributed by atoms with van der Waals surface area (Å²) in [4.78, 5) is 0. The molecule has 0 saturated heterocycles. The molecule has 0 unspecified atom stereocenters. The van der Waals surface area contributed by atoms with Crippen LogP contribution in [0.4, 0.5) is 4.39 Å². The molecule has 0 aliphatic carbocycles. The van der Waals surface area contributed by atoms with Crippen molar-refractivity contribution < 1.29 is 4.39 Å². The minimum absolute atomic E-state index is 0.0529. The Balaban J connectivity index is 2.00. The third-order valence-electron chi connectivity index (χ3n) is 2.58. The minimum Gasteiger partial charge on any atom is -0.306 e. The van der Waals surface area contributed by atoms with E-state index in [9.17, 15) is 4.39 Å². The first-order valence-electron chi connectivity index (χ1n) is 6.24. The van der Waals surface area contributed by atoms with Crippen LogP contribution in [0.3, 0.4) is 0 Å². The van der Waals surface area contributed by atoms with Gasteiger partial charge in [-0.1, -0.05) is 29.5 Å². The number of benzene rings is 1. The summed E-state index contributed by atoms with van der Waals surface area (Å²) in [5.41, 5.74) is 0.714. The van der Waals surface area contributed by atoms with E-state index >= 15 is 0 Å². The van der Waals surface area contributed by atoms with E-state index < -0.39 is 0 Å². The second kappa shape index (κ2) is 5.75. The van der Waals surface area contributed by atoms with Crippen LogP contribution in [-0.2, 0) is 13.0 Å². The highest BCUT2D eigenvalue weighted by atomic mass is 32.1. The van der Waals surface area contributed by atoms with Crippen LogP contribution in [0, 0.1) is 5.82 Å². The molecule has 1 heterocycles. The number of hydrogen-bond donors (Lipinski definition) is 1. The van der Waals surface area contributed by atoms with Gasteiger partial charge in [-0.25, -0.2) is 4.39 Å². The molecule has 0 aliphatic rings. The number of aromatic nitrogens is 2. The molecule has 1 aromatic carbocycles. The maximum atomic E-state index is 13.5. The van der Waals surface area contributed by atoms with Gasteiger partial charge in [-0.2, -0.15) is 0 Å². The molecular weight excluding hydrogens is 261 g/mol. The zero-order valence-electron chi connectivity index (χ0n) is 11.4. The van der Waals surface area contributed by atoms with Gasteiger partial charge in [0.15, 0.2) is 0 Å². The largest absolute Gasteiger partial charge is 0.306 e. The summed E-state index contributed by atoms with van der Waals surface area (Å²) in [6.07, 6.45) is 0.500. The molecule has 0 saturated carbocycles. The summed E-state index contributed by atoms with van der Waals surface area (Å²) in [6, 6.07) is 6.78. The number of hydrogen-bond acceptors (Lipinski definition) is 4. The van der Waals surface area contributed by atoms with Crippen molar-refractivity contribution in [2.45, 2.75) is 39.3 Å². The summed E-state index contributed by atoms with van der Waals surface area (Å²) >= 11 is 1.53. The van der Waals surface area contributed by atoms with Crippen LogP contribution in [0.2, 0.25) is 0 Å². The summed E-state index contributed by atoms with van der Waals surface area (Å²) < 4.78 is 13.5. The van der Waals surface area contributed by atoms with Crippen LogP contribution in [0.1, 0.15) is 36.3 Å². The summed E-state index contributed by atoms with van der Waals surface area (Å²) in [6.45, 7) is 7.01. The second-order valence-corrected chi connectivity index (χ2v) is 6.61. The third kappa shape index (κ3) is 4.36. The first kappa shape index (κ1) is 14.1.